The normalized spacial score (nSPS) is 10.2. The molecule has 1 rings (SSSR count). The van der Waals surface area contributed by atoms with Crippen LogP contribution in [0.4, 0.5) is 5.69 Å². The van der Waals surface area contributed by atoms with Crippen LogP contribution in [-0.4, -0.2) is 43.3 Å². The summed E-state index contributed by atoms with van der Waals surface area (Å²) in [6, 6.07) is 5.57. The van der Waals surface area contributed by atoms with Crippen LogP contribution in [0.5, 0.6) is 0 Å². The van der Waals surface area contributed by atoms with Gasteiger partial charge in [0.1, 0.15) is 0 Å². The molecule has 1 aromatic carbocycles. The Balaban J connectivity index is 2.39. The van der Waals surface area contributed by atoms with E-state index in [0.717, 1.165) is 11.1 Å². The van der Waals surface area contributed by atoms with Crippen LogP contribution in [0.3, 0.4) is 0 Å². The molecule has 0 saturated carbocycles. The summed E-state index contributed by atoms with van der Waals surface area (Å²) in [5.74, 6) is -1.42. The van der Waals surface area contributed by atoms with Crippen LogP contribution in [0.15, 0.2) is 18.2 Å². The Labute approximate surface area is 118 Å². The van der Waals surface area contributed by atoms with Gasteiger partial charge in [0.05, 0.1) is 19.8 Å². The second-order valence-corrected chi connectivity index (χ2v) is 4.42. The lowest BCUT2D eigenvalue weighted by Crippen LogP contribution is -2.37. The van der Waals surface area contributed by atoms with Gasteiger partial charge in [-0.25, -0.2) is 0 Å². The molecule has 0 radical (unpaired) electrons. The Morgan fingerprint density at radius 2 is 1.75 bits per heavy atom. The monoisotopic (exact) mass is 280 g/mol. The van der Waals surface area contributed by atoms with E-state index < -0.39 is 11.8 Å². The van der Waals surface area contributed by atoms with Crippen molar-refractivity contribution in [2.75, 3.05) is 31.7 Å². The first-order chi connectivity index (χ1) is 9.52. The van der Waals surface area contributed by atoms with Gasteiger partial charge in [0.15, 0.2) is 0 Å². The summed E-state index contributed by atoms with van der Waals surface area (Å²) in [4.78, 5) is 23.2. The Morgan fingerprint density at radius 1 is 1.10 bits per heavy atom. The Bertz CT molecular complexity index is 454. The summed E-state index contributed by atoms with van der Waals surface area (Å²) in [6.45, 7) is 4.45. The maximum atomic E-state index is 11.7. The molecule has 0 spiro atoms. The van der Waals surface area contributed by atoms with Gasteiger partial charge in [-0.15, -0.1) is 0 Å². The minimum absolute atomic E-state index is 0.0683. The summed E-state index contributed by atoms with van der Waals surface area (Å²) in [5.41, 5.74) is 2.62. The highest BCUT2D eigenvalue weighted by Gasteiger charge is 2.13. The predicted octanol–water partition coefficient (Wildman–Crippen LogP) is 0.367. The number of aliphatic hydroxyl groups is 1. The molecular formula is C14H20N2O4. The summed E-state index contributed by atoms with van der Waals surface area (Å²) in [7, 11) is 0. The zero-order valence-electron chi connectivity index (χ0n) is 11.7. The van der Waals surface area contributed by atoms with Crippen LogP contribution in [0, 0.1) is 13.8 Å². The standard InChI is InChI=1S/C14H20N2O4/c1-10-7-11(2)9-12(8-10)16-14(19)13(18)15-3-5-20-6-4-17/h7-9,17H,3-6H2,1-2H3,(H,15,18)(H,16,19). The first-order valence-electron chi connectivity index (χ1n) is 6.39. The number of carbonyl (C=O) groups is 2. The number of rotatable bonds is 6. The molecule has 0 unspecified atom stereocenters. The van der Waals surface area contributed by atoms with E-state index >= 15 is 0 Å². The van der Waals surface area contributed by atoms with Crippen LogP contribution in [0.25, 0.3) is 0 Å². The number of carbonyl (C=O) groups excluding carboxylic acids is 2. The first kappa shape index (κ1) is 16.1. The maximum Gasteiger partial charge on any atom is 0.313 e. The third-order valence-corrected chi connectivity index (χ3v) is 2.45. The summed E-state index contributed by atoms with van der Waals surface area (Å²) in [5, 5.41) is 13.5. The zero-order chi connectivity index (χ0) is 15.0. The van der Waals surface area contributed by atoms with Gasteiger partial charge in [-0.05, 0) is 37.1 Å². The molecule has 0 fully saturated rings. The van der Waals surface area contributed by atoms with E-state index in [0.29, 0.717) is 5.69 Å². The van der Waals surface area contributed by atoms with Crippen molar-refractivity contribution in [3.8, 4) is 0 Å². The molecule has 2 amide bonds. The summed E-state index contributed by atoms with van der Waals surface area (Å²) in [6.07, 6.45) is 0. The maximum absolute atomic E-state index is 11.7. The van der Waals surface area contributed by atoms with Crippen molar-refractivity contribution in [2.45, 2.75) is 13.8 Å². The quantitative estimate of drug-likeness (QED) is 0.519. The van der Waals surface area contributed by atoms with Crippen molar-refractivity contribution >= 4 is 17.5 Å². The minimum Gasteiger partial charge on any atom is -0.394 e. The number of hydrogen-bond acceptors (Lipinski definition) is 4. The minimum atomic E-state index is -0.711. The van der Waals surface area contributed by atoms with Gasteiger partial charge in [-0.3, -0.25) is 9.59 Å². The van der Waals surface area contributed by atoms with E-state index in [1.165, 1.54) is 0 Å². The fourth-order valence-corrected chi connectivity index (χ4v) is 1.72. The lowest BCUT2D eigenvalue weighted by Gasteiger charge is -2.08. The van der Waals surface area contributed by atoms with Crippen LogP contribution >= 0.6 is 0 Å². The average molecular weight is 280 g/mol. The van der Waals surface area contributed by atoms with Gasteiger partial charge >= 0.3 is 11.8 Å². The first-order valence-corrected chi connectivity index (χ1v) is 6.39. The van der Waals surface area contributed by atoms with Crippen molar-refractivity contribution in [3.05, 3.63) is 29.3 Å². The number of aliphatic hydroxyl groups excluding tert-OH is 1. The van der Waals surface area contributed by atoms with E-state index in [-0.39, 0.29) is 26.4 Å². The lowest BCUT2D eigenvalue weighted by atomic mass is 10.1. The highest BCUT2D eigenvalue weighted by molar-refractivity contribution is 6.39. The SMILES string of the molecule is Cc1cc(C)cc(NC(=O)C(=O)NCCOCCO)c1. The van der Waals surface area contributed by atoms with Crippen LogP contribution in [0.1, 0.15) is 11.1 Å². The molecule has 1 aromatic rings. The third kappa shape index (κ3) is 5.81. The van der Waals surface area contributed by atoms with Crippen LogP contribution in [-0.2, 0) is 14.3 Å². The molecule has 0 atom stereocenters. The molecule has 0 aromatic heterocycles. The number of amides is 2. The largest absolute Gasteiger partial charge is 0.394 e. The topological polar surface area (TPSA) is 87.7 Å². The van der Waals surface area contributed by atoms with Gasteiger partial charge in [-0.2, -0.15) is 0 Å². The highest BCUT2D eigenvalue weighted by atomic mass is 16.5. The Kier molecular flexibility index (Phi) is 6.69. The van der Waals surface area contributed by atoms with E-state index in [4.69, 9.17) is 9.84 Å². The summed E-state index contributed by atoms with van der Waals surface area (Å²) >= 11 is 0. The second-order valence-electron chi connectivity index (χ2n) is 4.42. The fourth-order valence-electron chi connectivity index (χ4n) is 1.72. The number of anilines is 1. The molecule has 0 aliphatic rings. The van der Waals surface area contributed by atoms with Crippen molar-refractivity contribution in [2.24, 2.45) is 0 Å². The molecule has 110 valence electrons. The molecule has 20 heavy (non-hydrogen) atoms. The molecule has 6 heteroatoms. The summed E-state index contributed by atoms with van der Waals surface area (Å²) < 4.78 is 4.97. The van der Waals surface area contributed by atoms with Gasteiger partial charge in [0, 0.05) is 12.2 Å². The molecule has 0 bridgehead atoms. The number of benzene rings is 1. The molecule has 0 heterocycles. The van der Waals surface area contributed by atoms with Crippen molar-refractivity contribution in [1.82, 2.24) is 5.32 Å². The molecule has 0 saturated heterocycles. The fraction of sp³-hybridized carbons (Fsp3) is 0.429. The average Bonchev–Trinajstić information content (AvgIpc) is 2.36. The third-order valence-electron chi connectivity index (χ3n) is 2.45. The van der Waals surface area contributed by atoms with E-state index in [1.807, 2.05) is 19.9 Å². The van der Waals surface area contributed by atoms with E-state index in [1.54, 1.807) is 12.1 Å². The predicted molar refractivity (Wildman–Crippen MR) is 75.5 cm³/mol. The van der Waals surface area contributed by atoms with Crippen LogP contribution < -0.4 is 10.6 Å². The van der Waals surface area contributed by atoms with Crippen molar-refractivity contribution < 1.29 is 19.4 Å². The van der Waals surface area contributed by atoms with Crippen molar-refractivity contribution in [3.63, 3.8) is 0 Å². The van der Waals surface area contributed by atoms with Gasteiger partial charge in [0.25, 0.3) is 0 Å². The Morgan fingerprint density at radius 3 is 2.35 bits per heavy atom. The zero-order valence-corrected chi connectivity index (χ0v) is 11.7. The smallest absolute Gasteiger partial charge is 0.313 e. The molecule has 3 N–H and O–H groups in total. The van der Waals surface area contributed by atoms with Gasteiger partial charge < -0.3 is 20.5 Å². The van der Waals surface area contributed by atoms with Crippen molar-refractivity contribution in [1.29, 1.82) is 0 Å². The second kappa shape index (κ2) is 8.29. The number of hydrogen-bond donors (Lipinski definition) is 3. The molecule has 0 aliphatic heterocycles. The van der Waals surface area contributed by atoms with Gasteiger partial charge in [-0.1, -0.05) is 6.07 Å². The van der Waals surface area contributed by atoms with Gasteiger partial charge in [0.2, 0.25) is 0 Å². The van der Waals surface area contributed by atoms with E-state index in [9.17, 15) is 9.59 Å². The molecule has 0 aliphatic carbocycles. The van der Waals surface area contributed by atoms with Crippen LogP contribution in [0.2, 0.25) is 0 Å². The number of ether oxygens (including phenoxy) is 1. The molecule has 6 nitrogen and oxygen atoms in total. The molecular weight excluding hydrogens is 260 g/mol. The van der Waals surface area contributed by atoms with E-state index in [2.05, 4.69) is 10.6 Å². The highest BCUT2D eigenvalue weighted by Crippen LogP contribution is 2.13. The number of aryl methyl sites for hydroxylation is 2. The Hall–Kier alpha value is -1.92. The lowest BCUT2D eigenvalue weighted by molar-refractivity contribution is -0.136. The number of nitrogens with one attached hydrogen (secondary N) is 2.